The maximum absolute atomic E-state index is 13.0. The van der Waals surface area contributed by atoms with Crippen LogP contribution in [0.2, 0.25) is 0 Å². The minimum atomic E-state index is -0.313. The summed E-state index contributed by atoms with van der Waals surface area (Å²) in [6.07, 6.45) is 2.81. The third kappa shape index (κ3) is 4.71. The van der Waals surface area contributed by atoms with Crippen molar-refractivity contribution in [2.75, 3.05) is 43.9 Å². The van der Waals surface area contributed by atoms with Crippen molar-refractivity contribution in [3.05, 3.63) is 47.2 Å². The first-order valence-corrected chi connectivity index (χ1v) is 10.2. The van der Waals surface area contributed by atoms with Crippen LogP contribution in [0.15, 0.2) is 24.3 Å². The van der Waals surface area contributed by atoms with E-state index in [-0.39, 0.29) is 11.7 Å². The molecular weight excluding hydrogens is 371 g/mol. The molecule has 0 atom stereocenters. The smallest absolute Gasteiger partial charge is 0.238 e. The molecule has 0 radical (unpaired) electrons. The van der Waals surface area contributed by atoms with Crippen LogP contribution < -0.4 is 16.0 Å². The third-order valence-electron chi connectivity index (χ3n) is 5.64. The number of hydrogen-bond acceptors (Lipinski definition) is 6. The molecule has 0 aliphatic carbocycles. The summed E-state index contributed by atoms with van der Waals surface area (Å²) in [6.45, 7) is 3.75. The highest BCUT2D eigenvalue weighted by Gasteiger charge is 2.26. The molecule has 0 spiro atoms. The van der Waals surface area contributed by atoms with E-state index in [1.807, 2.05) is 7.05 Å². The maximum Gasteiger partial charge on any atom is 0.238 e. The molecule has 3 N–H and O–H groups in total. The largest absolute Gasteiger partial charge is 0.373 e. The zero-order valence-corrected chi connectivity index (χ0v) is 16.7. The van der Waals surface area contributed by atoms with Crippen LogP contribution in [0.4, 0.5) is 15.9 Å². The normalized spacial score (nSPS) is 17.6. The van der Waals surface area contributed by atoms with Gasteiger partial charge in [0.1, 0.15) is 17.5 Å². The number of likely N-dealkylation sites (tertiary alicyclic amines) is 1. The molecule has 3 heterocycles. The van der Waals surface area contributed by atoms with Gasteiger partial charge in [-0.3, -0.25) is 9.69 Å². The number of amides is 1. The number of rotatable bonds is 5. The van der Waals surface area contributed by atoms with Crippen LogP contribution in [0.25, 0.3) is 0 Å². The highest BCUT2D eigenvalue weighted by atomic mass is 19.1. The Morgan fingerprint density at radius 3 is 2.72 bits per heavy atom. The first-order valence-electron chi connectivity index (χ1n) is 10.2. The number of aromatic nitrogens is 2. The first-order chi connectivity index (χ1) is 14.1. The summed E-state index contributed by atoms with van der Waals surface area (Å²) in [7, 11) is 1.91. The lowest BCUT2D eigenvalue weighted by atomic mass is 9.95. The number of hydrogen-bond donors (Lipinski definition) is 3. The van der Waals surface area contributed by atoms with Gasteiger partial charge in [0.05, 0.1) is 12.2 Å². The van der Waals surface area contributed by atoms with Crippen LogP contribution in [-0.4, -0.2) is 54.0 Å². The van der Waals surface area contributed by atoms with Gasteiger partial charge in [0.15, 0.2) is 0 Å². The topological polar surface area (TPSA) is 82.2 Å². The van der Waals surface area contributed by atoms with E-state index in [1.54, 1.807) is 12.1 Å². The van der Waals surface area contributed by atoms with Gasteiger partial charge in [-0.25, -0.2) is 14.4 Å². The number of benzene rings is 1. The molecule has 1 saturated heterocycles. The lowest BCUT2D eigenvalue weighted by Crippen LogP contribution is -2.39. The van der Waals surface area contributed by atoms with E-state index in [4.69, 9.17) is 9.97 Å². The van der Waals surface area contributed by atoms with Crippen LogP contribution in [-0.2, 0) is 17.8 Å². The molecule has 0 bridgehead atoms. The van der Waals surface area contributed by atoms with Gasteiger partial charge < -0.3 is 16.0 Å². The molecule has 2 aliphatic rings. The molecule has 8 heteroatoms. The fraction of sp³-hybridized carbons (Fsp3) is 0.476. The van der Waals surface area contributed by atoms with Crippen molar-refractivity contribution in [2.24, 2.45) is 0 Å². The monoisotopic (exact) mass is 398 g/mol. The first kappa shape index (κ1) is 19.7. The summed E-state index contributed by atoms with van der Waals surface area (Å²) in [4.78, 5) is 24.1. The Balaban J connectivity index is 1.33. The molecule has 0 unspecified atom stereocenters. The van der Waals surface area contributed by atoms with Crippen molar-refractivity contribution in [3.8, 4) is 0 Å². The molecule has 1 aromatic carbocycles. The predicted octanol–water partition coefficient (Wildman–Crippen LogP) is 2.12. The number of piperidine rings is 1. The van der Waals surface area contributed by atoms with Crippen LogP contribution in [0.5, 0.6) is 0 Å². The number of anilines is 2. The van der Waals surface area contributed by atoms with Crippen molar-refractivity contribution in [1.82, 2.24) is 20.2 Å². The highest BCUT2D eigenvalue weighted by molar-refractivity contribution is 5.92. The Labute approximate surface area is 170 Å². The molecule has 2 aliphatic heterocycles. The lowest BCUT2D eigenvalue weighted by molar-refractivity contribution is -0.117. The quantitative estimate of drug-likeness (QED) is 0.716. The van der Waals surface area contributed by atoms with E-state index in [2.05, 4.69) is 20.9 Å². The molecule has 29 heavy (non-hydrogen) atoms. The Kier molecular flexibility index (Phi) is 6.01. The Hall–Kier alpha value is -2.58. The van der Waals surface area contributed by atoms with Gasteiger partial charge in [-0.1, -0.05) is 0 Å². The summed E-state index contributed by atoms with van der Waals surface area (Å²) in [6, 6.07) is 5.82. The molecule has 154 valence electrons. The Morgan fingerprint density at radius 1 is 1.24 bits per heavy atom. The number of fused-ring (bicyclic) bond motifs is 1. The van der Waals surface area contributed by atoms with Crippen molar-refractivity contribution >= 4 is 17.4 Å². The fourth-order valence-electron chi connectivity index (χ4n) is 4.05. The van der Waals surface area contributed by atoms with E-state index in [0.29, 0.717) is 18.2 Å². The summed E-state index contributed by atoms with van der Waals surface area (Å²) in [5.74, 6) is 1.78. The fourth-order valence-corrected chi connectivity index (χ4v) is 4.05. The number of halogens is 1. The zero-order chi connectivity index (χ0) is 20.2. The second-order valence-corrected chi connectivity index (χ2v) is 7.64. The Morgan fingerprint density at radius 2 is 2.00 bits per heavy atom. The number of carbonyl (C=O) groups excluding carboxylic acids is 1. The lowest BCUT2D eigenvalue weighted by Gasteiger charge is -2.31. The maximum atomic E-state index is 13.0. The van der Waals surface area contributed by atoms with Crippen LogP contribution in [0, 0.1) is 5.82 Å². The molecule has 7 nitrogen and oxygen atoms in total. The summed E-state index contributed by atoms with van der Waals surface area (Å²) in [5, 5.41) is 9.43. The van der Waals surface area contributed by atoms with Crippen molar-refractivity contribution in [3.63, 3.8) is 0 Å². The zero-order valence-electron chi connectivity index (χ0n) is 16.7. The van der Waals surface area contributed by atoms with Crippen molar-refractivity contribution in [2.45, 2.75) is 31.7 Å². The third-order valence-corrected chi connectivity index (χ3v) is 5.64. The highest BCUT2D eigenvalue weighted by Crippen LogP contribution is 2.29. The van der Waals surface area contributed by atoms with E-state index in [0.717, 1.165) is 62.8 Å². The van der Waals surface area contributed by atoms with Crippen LogP contribution in [0.1, 0.15) is 35.8 Å². The van der Waals surface area contributed by atoms with Crippen molar-refractivity contribution < 1.29 is 9.18 Å². The average molecular weight is 398 g/mol. The van der Waals surface area contributed by atoms with Gasteiger partial charge in [0.25, 0.3) is 0 Å². The molecule has 4 rings (SSSR count). The Bertz CT molecular complexity index is 847. The van der Waals surface area contributed by atoms with Gasteiger partial charge in [-0.2, -0.15) is 0 Å². The van der Waals surface area contributed by atoms with E-state index in [1.165, 1.54) is 17.7 Å². The van der Waals surface area contributed by atoms with Gasteiger partial charge >= 0.3 is 0 Å². The predicted molar refractivity (Wildman–Crippen MR) is 110 cm³/mol. The second-order valence-electron chi connectivity index (χ2n) is 7.64. The molecule has 0 saturated carbocycles. The molecular formula is C21H27FN6O. The van der Waals surface area contributed by atoms with E-state index < -0.39 is 0 Å². The number of carbonyl (C=O) groups is 1. The van der Waals surface area contributed by atoms with Gasteiger partial charge in [0.2, 0.25) is 5.91 Å². The van der Waals surface area contributed by atoms with Gasteiger partial charge in [0, 0.05) is 30.8 Å². The van der Waals surface area contributed by atoms with E-state index in [9.17, 15) is 9.18 Å². The van der Waals surface area contributed by atoms with E-state index >= 15 is 0 Å². The summed E-state index contributed by atoms with van der Waals surface area (Å²) >= 11 is 0. The molecule has 1 aromatic heterocycles. The SMILES string of the molecule is CNc1nc(C2CCN(CC(=O)Nc3ccc(F)cc3)CC2)nc2c1CCNC2. The average Bonchev–Trinajstić information content (AvgIpc) is 2.75. The second kappa shape index (κ2) is 8.84. The molecule has 2 aromatic rings. The van der Waals surface area contributed by atoms with Gasteiger partial charge in [-0.15, -0.1) is 0 Å². The minimum absolute atomic E-state index is 0.0800. The summed E-state index contributed by atoms with van der Waals surface area (Å²) in [5.41, 5.74) is 2.94. The molecule has 1 amide bonds. The number of nitrogens with one attached hydrogen (secondary N) is 3. The standard InChI is InChI=1S/C21H27FN6O/c1-23-21-17-6-9-24-12-18(17)26-20(27-21)14-7-10-28(11-8-14)13-19(29)25-16-4-2-15(22)3-5-16/h2-5,14,24H,6-13H2,1H3,(H,25,29)(H,23,26,27). The number of nitrogens with zero attached hydrogens (tertiary/aromatic N) is 3. The van der Waals surface area contributed by atoms with Crippen molar-refractivity contribution in [1.29, 1.82) is 0 Å². The van der Waals surface area contributed by atoms with Crippen LogP contribution >= 0.6 is 0 Å². The van der Waals surface area contributed by atoms with Crippen LogP contribution in [0.3, 0.4) is 0 Å². The summed E-state index contributed by atoms with van der Waals surface area (Å²) < 4.78 is 13.0. The molecule has 1 fully saturated rings. The van der Waals surface area contributed by atoms with Gasteiger partial charge in [-0.05, 0) is 63.2 Å². The minimum Gasteiger partial charge on any atom is -0.373 e.